The van der Waals surface area contributed by atoms with Crippen molar-refractivity contribution in [3.8, 4) is 0 Å². The average molecular weight is 351 g/mol. The summed E-state index contributed by atoms with van der Waals surface area (Å²) in [5, 5.41) is 13.0. The van der Waals surface area contributed by atoms with E-state index in [1.807, 2.05) is 0 Å². The lowest BCUT2D eigenvalue weighted by atomic mass is 10.1. The number of nitro groups is 1. The molecule has 0 aliphatic heterocycles. The van der Waals surface area contributed by atoms with E-state index in [-0.39, 0.29) is 28.4 Å². The summed E-state index contributed by atoms with van der Waals surface area (Å²) in [5.74, 6) is -0.727. The van der Waals surface area contributed by atoms with Crippen molar-refractivity contribution >= 4 is 28.7 Å². The maximum atomic E-state index is 12.5. The van der Waals surface area contributed by atoms with Crippen LogP contribution in [0.3, 0.4) is 0 Å². The van der Waals surface area contributed by atoms with E-state index in [1.54, 1.807) is 0 Å². The number of amides is 1. The van der Waals surface area contributed by atoms with Crippen molar-refractivity contribution in [3.63, 3.8) is 0 Å². The SMILES string of the molecule is O=C(Nc1nc2ccc([N+](=O)[O-])cc2o1)c1ccc(C(F)(F)F)cc1. The summed E-state index contributed by atoms with van der Waals surface area (Å²) >= 11 is 0. The summed E-state index contributed by atoms with van der Waals surface area (Å²) in [7, 11) is 0. The summed E-state index contributed by atoms with van der Waals surface area (Å²) in [5.41, 5.74) is -0.728. The van der Waals surface area contributed by atoms with Crippen molar-refractivity contribution in [2.24, 2.45) is 0 Å². The zero-order valence-electron chi connectivity index (χ0n) is 12.2. The number of benzene rings is 2. The number of aromatic nitrogens is 1. The van der Waals surface area contributed by atoms with E-state index < -0.39 is 22.6 Å². The first-order valence-corrected chi connectivity index (χ1v) is 6.77. The summed E-state index contributed by atoms with van der Waals surface area (Å²) in [4.78, 5) is 26.1. The predicted octanol–water partition coefficient (Wildman–Crippen LogP) is 4.01. The van der Waals surface area contributed by atoms with Gasteiger partial charge in [0.2, 0.25) is 0 Å². The van der Waals surface area contributed by atoms with Crippen molar-refractivity contribution in [1.82, 2.24) is 4.98 Å². The second-order valence-corrected chi connectivity index (χ2v) is 4.96. The standard InChI is InChI=1S/C15H8F3N3O4/c16-15(17,18)9-3-1-8(2-4-9)13(22)20-14-19-11-6-5-10(21(23)24)7-12(11)25-14/h1-7H,(H,19,20,22). The molecule has 7 nitrogen and oxygen atoms in total. The van der Waals surface area contributed by atoms with Gasteiger partial charge in [-0.15, -0.1) is 0 Å². The molecule has 0 unspecified atom stereocenters. The lowest BCUT2D eigenvalue weighted by Gasteiger charge is -2.07. The highest BCUT2D eigenvalue weighted by atomic mass is 19.4. The molecule has 0 atom stereocenters. The Hall–Kier alpha value is -3.43. The van der Waals surface area contributed by atoms with Crippen LogP contribution in [-0.4, -0.2) is 15.8 Å². The molecular formula is C15H8F3N3O4. The fourth-order valence-corrected chi connectivity index (χ4v) is 2.06. The second-order valence-electron chi connectivity index (χ2n) is 4.96. The Kier molecular flexibility index (Phi) is 3.87. The van der Waals surface area contributed by atoms with E-state index in [0.29, 0.717) is 0 Å². The molecule has 0 aliphatic rings. The number of hydrogen-bond acceptors (Lipinski definition) is 5. The van der Waals surface area contributed by atoms with Crippen molar-refractivity contribution < 1.29 is 27.3 Å². The molecule has 3 aromatic rings. The van der Waals surface area contributed by atoms with Gasteiger partial charge in [0.1, 0.15) is 5.52 Å². The van der Waals surface area contributed by atoms with Crippen LogP contribution in [-0.2, 0) is 6.18 Å². The van der Waals surface area contributed by atoms with Crippen LogP contribution >= 0.6 is 0 Å². The number of hydrogen-bond donors (Lipinski definition) is 1. The van der Waals surface area contributed by atoms with E-state index in [2.05, 4.69) is 10.3 Å². The molecule has 1 heterocycles. The van der Waals surface area contributed by atoms with E-state index in [0.717, 1.165) is 30.3 Å². The van der Waals surface area contributed by atoms with Gasteiger partial charge in [-0.3, -0.25) is 20.2 Å². The number of fused-ring (bicyclic) bond motifs is 1. The van der Waals surface area contributed by atoms with Gasteiger partial charge in [0.15, 0.2) is 5.58 Å². The monoisotopic (exact) mass is 351 g/mol. The minimum absolute atomic E-state index is 0.0266. The number of nitrogens with zero attached hydrogens (tertiary/aromatic N) is 2. The zero-order valence-corrected chi connectivity index (χ0v) is 12.2. The van der Waals surface area contributed by atoms with Gasteiger partial charge in [-0.2, -0.15) is 18.2 Å². The first-order valence-electron chi connectivity index (χ1n) is 6.77. The van der Waals surface area contributed by atoms with Crippen molar-refractivity contribution in [2.75, 3.05) is 5.32 Å². The zero-order chi connectivity index (χ0) is 18.2. The number of nitrogens with one attached hydrogen (secondary N) is 1. The van der Waals surface area contributed by atoms with Gasteiger partial charge in [0.25, 0.3) is 11.6 Å². The minimum Gasteiger partial charge on any atom is -0.423 e. The molecule has 1 N–H and O–H groups in total. The molecular weight excluding hydrogens is 343 g/mol. The maximum absolute atomic E-state index is 12.5. The highest BCUT2D eigenvalue weighted by Crippen LogP contribution is 2.29. The third-order valence-electron chi connectivity index (χ3n) is 3.28. The number of oxazole rings is 1. The Bertz CT molecular complexity index is 964. The second kappa shape index (κ2) is 5.89. The Morgan fingerprint density at radius 2 is 1.84 bits per heavy atom. The first-order chi connectivity index (χ1) is 11.7. The van der Waals surface area contributed by atoms with Crippen LogP contribution in [0.15, 0.2) is 46.9 Å². The van der Waals surface area contributed by atoms with Crippen LogP contribution in [0.5, 0.6) is 0 Å². The highest BCUT2D eigenvalue weighted by Gasteiger charge is 2.30. The normalized spacial score (nSPS) is 11.5. The summed E-state index contributed by atoms with van der Waals surface area (Å²) in [6.07, 6.45) is -4.50. The Morgan fingerprint density at radius 3 is 2.44 bits per heavy atom. The largest absolute Gasteiger partial charge is 0.423 e. The third-order valence-corrected chi connectivity index (χ3v) is 3.28. The number of anilines is 1. The van der Waals surface area contributed by atoms with Crippen molar-refractivity contribution in [2.45, 2.75) is 6.18 Å². The number of nitro benzene ring substituents is 1. The third kappa shape index (κ3) is 3.42. The smallest absolute Gasteiger partial charge is 0.416 e. The van der Waals surface area contributed by atoms with Gasteiger partial charge in [-0.25, -0.2) is 0 Å². The van der Waals surface area contributed by atoms with Crippen LogP contribution in [0.1, 0.15) is 15.9 Å². The molecule has 3 rings (SSSR count). The molecule has 0 spiro atoms. The van der Waals surface area contributed by atoms with Crippen LogP contribution in [0.4, 0.5) is 24.9 Å². The van der Waals surface area contributed by atoms with Crippen LogP contribution in [0.2, 0.25) is 0 Å². The molecule has 1 amide bonds. The number of carbonyl (C=O) groups is 1. The Labute approximate surface area is 137 Å². The fourth-order valence-electron chi connectivity index (χ4n) is 2.06. The molecule has 0 saturated heterocycles. The van der Waals surface area contributed by atoms with Gasteiger partial charge in [-0.05, 0) is 30.3 Å². The quantitative estimate of drug-likeness (QED) is 0.568. The van der Waals surface area contributed by atoms with Crippen LogP contribution in [0, 0.1) is 10.1 Å². The highest BCUT2D eigenvalue weighted by molar-refractivity contribution is 6.03. The maximum Gasteiger partial charge on any atom is 0.416 e. The predicted molar refractivity (Wildman–Crippen MR) is 80.1 cm³/mol. The lowest BCUT2D eigenvalue weighted by molar-refractivity contribution is -0.384. The van der Waals surface area contributed by atoms with Gasteiger partial charge in [0.05, 0.1) is 16.6 Å². The van der Waals surface area contributed by atoms with Crippen LogP contribution in [0.25, 0.3) is 11.1 Å². The lowest BCUT2D eigenvalue weighted by Crippen LogP contribution is -2.13. The molecule has 128 valence electrons. The fraction of sp³-hybridized carbons (Fsp3) is 0.0667. The number of rotatable bonds is 3. The molecule has 25 heavy (non-hydrogen) atoms. The average Bonchev–Trinajstić information content (AvgIpc) is 2.95. The number of non-ortho nitro benzene ring substituents is 1. The molecule has 0 fully saturated rings. The number of halogens is 3. The molecule has 0 bridgehead atoms. The van der Waals surface area contributed by atoms with Gasteiger partial charge < -0.3 is 4.42 Å². The number of alkyl halides is 3. The summed E-state index contributed by atoms with van der Waals surface area (Å²) in [6.45, 7) is 0. The van der Waals surface area contributed by atoms with Gasteiger partial charge in [-0.1, -0.05) is 0 Å². The van der Waals surface area contributed by atoms with Gasteiger partial charge in [0, 0.05) is 11.6 Å². The topological polar surface area (TPSA) is 98.3 Å². The Morgan fingerprint density at radius 1 is 1.16 bits per heavy atom. The van der Waals surface area contributed by atoms with Crippen molar-refractivity contribution in [1.29, 1.82) is 0 Å². The molecule has 1 aromatic heterocycles. The van der Waals surface area contributed by atoms with E-state index >= 15 is 0 Å². The summed E-state index contributed by atoms with van der Waals surface area (Å²) in [6, 6.07) is 7.11. The minimum atomic E-state index is -4.50. The molecule has 2 aromatic carbocycles. The molecule has 0 aliphatic carbocycles. The molecule has 0 saturated carbocycles. The van der Waals surface area contributed by atoms with E-state index in [1.165, 1.54) is 12.1 Å². The molecule has 0 radical (unpaired) electrons. The molecule has 10 heteroatoms. The van der Waals surface area contributed by atoms with E-state index in [9.17, 15) is 28.1 Å². The Balaban J connectivity index is 1.80. The summed E-state index contributed by atoms with van der Waals surface area (Å²) < 4.78 is 42.7. The van der Waals surface area contributed by atoms with E-state index in [4.69, 9.17) is 4.42 Å². The number of carbonyl (C=O) groups excluding carboxylic acids is 1. The van der Waals surface area contributed by atoms with Gasteiger partial charge >= 0.3 is 12.2 Å². The van der Waals surface area contributed by atoms with Crippen LogP contribution < -0.4 is 5.32 Å². The van der Waals surface area contributed by atoms with Crippen molar-refractivity contribution in [3.05, 3.63) is 63.7 Å². The first kappa shape index (κ1) is 16.4.